The zero-order valence-electron chi connectivity index (χ0n) is 8.54. The molecule has 0 atom stereocenters. The quantitative estimate of drug-likeness (QED) is 0.637. The average Bonchev–Trinajstić information content (AvgIpc) is 2.17. The molecule has 0 heterocycles. The molecule has 0 saturated heterocycles. The highest BCUT2D eigenvalue weighted by Crippen LogP contribution is 2.30. The van der Waals surface area contributed by atoms with Crippen LogP contribution in [0.1, 0.15) is 17.3 Å². The number of halogens is 1. The van der Waals surface area contributed by atoms with Gasteiger partial charge in [0.1, 0.15) is 5.56 Å². The number of nitrogens with two attached hydrogens (primary N) is 1. The van der Waals surface area contributed by atoms with E-state index in [9.17, 15) is 4.79 Å². The van der Waals surface area contributed by atoms with Crippen molar-refractivity contribution < 1.29 is 14.3 Å². The van der Waals surface area contributed by atoms with Crippen molar-refractivity contribution in [2.75, 3.05) is 19.5 Å². The van der Waals surface area contributed by atoms with Crippen LogP contribution in [-0.2, 0) is 4.74 Å². The van der Waals surface area contributed by atoms with Crippen LogP contribution >= 0.6 is 11.6 Å². The fraction of sp³-hybridized carbons (Fsp3) is 0.300. The van der Waals surface area contributed by atoms with E-state index in [0.717, 1.165) is 0 Å². The minimum Gasteiger partial charge on any atom is -0.494 e. The van der Waals surface area contributed by atoms with Crippen molar-refractivity contribution in [1.82, 2.24) is 0 Å². The van der Waals surface area contributed by atoms with Gasteiger partial charge in [-0.25, -0.2) is 4.79 Å². The Kier molecular flexibility index (Phi) is 3.80. The summed E-state index contributed by atoms with van der Waals surface area (Å²) in [5.74, 6) is -0.207. The van der Waals surface area contributed by atoms with Gasteiger partial charge in [0.25, 0.3) is 0 Å². The monoisotopic (exact) mass is 229 g/mol. The molecule has 0 bridgehead atoms. The van der Waals surface area contributed by atoms with Crippen LogP contribution in [0.25, 0.3) is 0 Å². The number of esters is 1. The molecule has 2 N–H and O–H groups in total. The molecule has 0 amide bonds. The summed E-state index contributed by atoms with van der Waals surface area (Å²) in [5, 5.41) is 0.372. The van der Waals surface area contributed by atoms with Gasteiger partial charge in [-0.1, -0.05) is 11.6 Å². The van der Waals surface area contributed by atoms with Crippen LogP contribution in [0.4, 0.5) is 5.69 Å². The number of nitrogen functional groups attached to an aromatic ring is 1. The molecule has 4 nitrogen and oxygen atoms in total. The van der Waals surface area contributed by atoms with Crippen molar-refractivity contribution in [2.24, 2.45) is 0 Å². The predicted octanol–water partition coefficient (Wildman–Crippen LogP) is 2.11. The Bertz CT molecular complexity index is 379. The number of rotatable bonds is 3. The molecule has 0 aliphatic heterocycles. The van der Waals surface area contributed by atoms with Crippen molar-refractivity contribution in [2.45, 2.75) is 6.92 Å². The number of ether oxygens (including phenoxy) is 2. The maximum absolute atomic E-state index is 11.5. The number of hydrogen-bond donors (Lipinski definition) is 1. The van der Waals surface area contributed by atoms with Crippen LogP contribution < -0.4 is 10.5 Å². The first-order valence-electron chi connectivity index (χ1n) is 4.40. The predicted molar refractivity (Wildman–Crippen MR) is 58.4 cm³/mol. The average molecular weight is 230 g/mol. The minimum atomic E-state index is -0.497. The topological polar surface area (TPSA) is 61.5 Å². The second-order valence-corrected chi connectivity index (χ2v) is 3.23. The Balaban J connectivity index is 3.20. The number of benzene rings is 1. The Labute approximate surface area is 92.9 Å². The number of methoxy groups -OCH3 is 1. The first-order chi connectivity index (χ1) is 7.10. The summed E-state index contributed by atoms with van der Waals surface area (Å²) in [5.41, 5.74) is 6.20. The van der Waals surface area contributed by atoms with Gasteiger partial charge in [-0.15, -0.1) is 0 Å². The van der Waals surface area contributed by atoms with Crippen molar-refractivity contribution in [3.05, 3.63) is 22.7 Å². The Morgan fingerprint density at radius 1 is 1.53 bits per heavy atom. The first-order valence-corrected chi connectivity index (χ1v) is 4.78. The van der Waals surface area contributed by atoms with Crippen LogP contribution in [-0.4, -0.2) is 19.7 Å². The molecule has 0 spiro atoms. The molecule has 0 saturated carbocycles. The smallest absolute Gasteiger partial charge is 0.342 e. The number of carbonyl (C=O) groups is 1. The molecule has 0 fully saturated rings. The van der Waals surface area contributed by atoms with Gasteiger partial charge in [0.05, 0.1) is 19.4 Å². The largest absolute Gasteiger partial charge is 0.494 e. The zero-order valence-corrected chi connectivity index (χ0v) is 9.30. The van der Waals surface area contributed by atoms with E-state index in [1.54, 1.807) is 6.92 Å². The van der Waals surface area contributed by atoms with E-state index in [1.165, 1.54) is 19.2 Å². The Hall–Kier alpha value is -1.42. The van der Waals surface area contributed by atoms with Crippen LogP contribution in [0, 0.1) is 0 Å². The minimum absolute atomic E-state index is 0.240. The summed E-state index contributed by atoms with van der Waals surface area (Å²) in [7, 11) is 1.43. The van der Waals surface area contributed by atoms with Gasteiger partial charge in [0.15, 0.2) is 5.75 Å². The van der Waals surface area contributed by atoms with Gasteiger partial charge in [-0.05, 0) is 19.1 Å². The van der Waals surface area contributed by atoms with Crippen LogP contribution in [0.2, 0.25) is 5.02 Å². The Morgan fingerprint density at radius 3 is 2.73 bits per heavy atom. The van der Waals surface area contributed by atoms with Crippen LogP contribution in [0.5, 0.6) is 5.75 Å². The summed E-state index contributed by atoms with van der Waals surface area (Å²) < 4.78 is 9.86. The van der Waals surface area contributed by atoms with E-state index in [0.29, 0.717) is 10.7 Å². The molecular formula is C10H12ClNO3. The Morgan fingerprint density at radius 2 is 2.20 bits per heavy atom. The molecule has 0 aliphatic rings. The zero-order chi connectivity index (χ0) is 11.4. The number of hydrogen-bond acceptors (Lipinski definition) is 4. The second kappa shape index (κ2) is 4.89. The maximum atomic E-state index is 11.5. The van der Waals surface area contributed by atoms with E-state index >= 15 is 0 Å². The molecule has 0 radical (unpaired) electrons. The molecule has 1 rings (SSSR count). The maximum Gasteiger partial charge on any atom is 0.342 e. The fourth-order valence-electron chi connectivity index (χ4n) is 1.20. The van der Waals surface area contributed by atoms with Crippen molar-refractivity contribution >= 4 is 23.3 Å². The lowest BCUT2D eigenvalue weighted by atomic mass is 10.1. The molecule has 0 aromatic heterocycles. The van der Waals surface area contributed by atoms with Gasteiger partial charge in [0, 0.05) is 5.02 Å². The van der Waals surface area contributed by atoms with Crippen LogP contribution in [0.3, 0.4) is 0 Å². The summed E-state index contributed by atoms with van der Waals surface area (Å²) in [6, 6.07) is 2.98. The third-order valence-electron chi connectivity index (χ3n) is 1.78. The fourth-order valence-corrected chi connectivity index (χ4v) is 1.43. The number of anilines is 1. The summed E-state index contributed by atoms with van der Waals surface area (Å²) in [4.78, 5) is 11.5. The van der Waals surface area contributed by atoms with Crippen molar-refractivity contribution in [3.8, 4) is 5.75 Å². The van der Waals surface area contributed by atoms with Gasteiger partial charge in [-0.2, -0.15) is 0 Å². The molecule has 5 heteroatoms. The first kappa shape index (κ1) is 11.7. The third-order valence-corrected chi connectivity index (χ3v) is 2.00. The second-order valence-electron chi connectivity index (χ2n) is 2.80. The molecule has 1 aromatic rings. The summed E-state index contributed by atoms with van der Waals surface area (Å²) >= 11 is 5.78. The SMILES string of the molecule is CCOC(=O)c1cc(Cl)cc(N)c1OC. The lowest BCUT2D eigenvalue weighted by molar-refractivity contribution is 0.0523. The van der Waals surface area contributed by atoms with Gasteiger partial charge in [0.2, 0.25) is 0 Å². The third kappa shape index (κ3) is 2.53. The van der Waals surface area contributed by atoms with E-state index in [2.05, 4.69) is 0 Å². The van der Waals surface area contributed by atoms with E-state index in [1.807, 2.05) is 0 Å². The van der Waals surface area contributed by atoms with Gasteiger partial charge in [-0.3, -0.25) is 0 Å². The van der Waals surface area contributed by atoms with Crippen molar-refractivity contribution in [3.63, 3.8) is 0 Å². The molecule has 1 aromatic carbocycles. The van der Waals surface area contributed by atoms with E-state index < -0.39 is 5.97 Å². The van der Waals surface area contributed by atoms with Gasteiger partial charge >= 0.3 is 5.97 Å². The van der Waals surface area contributed by atoms with E-state index in [-0.39, 0.29) is 17.9 Å². The molecule has 0 unspecified atom stereocenters. The molecule has 15 heavy (non-hydrogen) atoms. The summed E-state index contributed by atoms with van der Waals surface area (Å²) in [6.45, 7) is 2.01. The summed E-state index contributed by atoms with van der Waals surface area (Å²) in [6.07, 6.45) is 0. The number of carbonyl (C=O) groups excluding carboxylic acids is 1. The normalized spacial score (nSPS) is 9.80. The highest BCUT2D eigenvalue weighted by Gasteiger charge is 2.16. The van der Waals surface area contributed by atoms with Crippen molar-refractivity contribution in [1.29, 1.82) is 0 Å². The highest BCUT2D eigenvalue weighted by molar-refractivity contribution is 6.31. The van der Waals surface area contributed by atoms with Crippen LogP contribution in [0.15, 0.2) is 12.1 Å². The molecule has 82 valence electrons. The lowest BCUT2D eigenvalue weighted by Gasteiger charge is -2.10. The molecular weight excluding hydrogens is 218 g/mol. The highest BCUT2D eigenvalue weighted by atomic mass is 35.5. The van der Waals surface area contributed by atoms with E-state index in [4.69, 9.17) is 26.8 Å². The molecule has 0 aliphatic carbocycles. The standard InChI is InChI=1S/C10H12ClNO3/c1-3-15-10(13)7-4-6(11)5-8(12)9(7)14-2/h4-5H,3,12H2,1-2H3. The van der Waals surface area contributed by atoms with Gasteiger partial charge < -0.3 is 15.2 Å². The lowest BCUT2D eigenvalue weighted by Crippen LogP contribution is -2.08.